The van der Waals surface area contributed by atoms with Crippen LogP contribution in [0.25, 0.3) is 11.5 Å². The van der Waals surface area contributed by atoms with E-state index in [2.05, 4.69) is 32.6 Å². The summed E-state index contributed by atoms with van der Waals surface area (Å²) >= 11 is 2.19. The van der Waals surface area contributed by atoms with Gasteiger partial charge in [0.15, 0.2) is 17.2 Å². The third-order valence-electron chi connectivity index (χ3n) is 3.72. The van der Waals surface area contributed by atoms with Crippen molar-refractivity contribution in [1.29, 1.82) is 0 Å². The molecule has 0 bridgehead atoms. The van der Waals surface area contributed by atoms with Gasteiger partial charge >= 0.3 is 5.95 Å². The van der Waals surface area contributed by atoms with Crippen molar-refractivity contribution in [3.8, 4) is 34.6 Å². The molecule has 1 aromatic heterocycles. The zero-order valence-electron chi connectivity index (χ0n) is 14.9. The fraction of sp³-hybridized carbons (Fsp3) is 0.158. The Hall–Kier alpha value is -2.75. The fourth-order valence-electron chi connectivity index (χ4n) is 2.42. The van der Waals surface area contributed by atoms with Crippen LogP contribution in [0.2, 0.25) is 0 Å². The second-order valence-corrected chi connectivity index (χ2v) is 6.50. The molecule has 140 valence electrons. The van der Waals surface area contributed by atoms with E-state index in [1.165, 1.54) is 27.5 Å². The predicted octanol–water partition coefficient (Wildman–Crippen LogP) is 4.43. The molecule has 7 nitrogen and oxygen atoms in total. The van der Waals surface area contributed by atoms with Crippen molar-refractivity contribution >= 4 is 34.5 Å². The lowest BCUT2D eigenvalue weighted by Crippen LogP contribution is -1.95. The lowest BCUT2D eigenvalue weighted by atomic mass is 10.2. The minimum absolute atomic E-state index is 0.205. The molecule has 27 heavy (non-hydrogen) atoms. The Morgan fingerprint density at radius 2 is 1.74 bits per heavy atom. The zero-order valence-corrected chi connectivity index (χ0v) is 17.1. The van der Waals surface area contributed by atoms with Crippen LogP contribution in [0, 0.1) is 3.57 Å². The number of hydrogen-bond acceptors (Lipinski definition) is 7. The quantitative estimate of drug-likeness (QED) is 0.415. The molecule has 0 aliphatic rings. The molecule has 0 aliphatic heterocycles. The third-order valence-corrected chi connectivity index (χ3v) is 4.64. The summed E-state index contributed by atoms with van der Waals surface area (Å²) < 4.78 is 22.3. The molecule has 0 radical (unpaired) electrons. The largest absolute Gasteiger partial charge is 0.493 e. The van der Waals surface area contributed by atoms with Crippen molar-refractivity contribution in [2.75, 3.05) is 21.3 Å². The van der Waals surface area contributed by atoms with Crippen molar-refractivity contribution in [1.82, 2.24) is 4.98 Å². The molecule has 0 atom stereocenters. The molecule has 2 aromatic carbocycles. The summed E-state index contributed by atoms with van der Waals surface area (Å²) in [6, 6.07) is 11.0. The van der Waals surface area contributed by atoms with E-state index in [0.717, 1.165) is 9.26 Å². The number of rotatable bonds is 6. The van der Waals surface area contributed by atoms with Crippen molar-refractivity contribution in [2.45, 2.75) is 0 Å². The second-order valence-electron chi connectivity index (χ2n) is 5.33. The molecule has 3 aromatic rings. The average Bonchev–Trinajstić information content (AvgIpc) is 3.06. The van der Waals surface area contributed by atoms with Crippen LogP contribution in [0.15, 0.2) is 45.8 Å². The molecule has 1 N–H and O–H groups in total. The van der Waals surface area contributed by atoms with Gasteiger partial charge in [-0.2, -0.15) is 0 Å². The molecular formula is C19H17IN2O5. The number of para-hydroxylation sites is 1. The lowest BCUT2D eigenvalue weighted by Gasteiger charge is -2.12. The van der Waals surface area contributed by atoms with E-state index in [1.54, 1.807) is 12.1 Å². The highest BCUT2D eigenvalue weighted by atomic mass is 127. The molecule has 8 heteroatoms. The molecule has 0 amide bonds. The van der Waals surface area contributed by atoms with Crippen molar-refractivity contribution in [2.24, 2.45) is 4.99 Å². The van der Waals surface area contributed by atoms with Crippen LogP contribution in [-0.2, 0) is 0 Å². The third kappa shape index (κ3) is 4.00. The number of benzene rings is 2. The van der Waals surface area contributed by atoms with E-state index in [4.69, 9.17) is 18.6 Å². The van der Waals surface area contributed by atoms with E-state index >= 15 is 0 Å². The number of hydrogen-bond donors (Lipinski definition) is 1. The van der Waals surface area contributed by atoms with Crippen LogP contribution >= 0.6 is 22.6 Å². The number of oxazole rings is 1. The van der Waals surface area contributed by atoms with Crippen molar-refractivity contribution in [3.05, 3.63) is 45.7 Å². The van der Waals surface area contributed by atoms with Crippen LogP contribution in [0.4, 0.5) is 5.69 Å². The maximum absolute atomic E-state index is 10.1. The summed E-state index contributed by atoms with van der Waals surface area (Å²) in [6.07, 6.45) is 1.46. The van der Waals surface area contributed by atoms with Crippen LogP contribution in [0.5, 0.6) is 23.2 Å². The summed E-state index contributed by atoms with van der Waals surface area (Å²) in [5.41, 5.74) is 1.56. The monoisotopic (exact) mass is 480 g/mol. The molecule has 0 unspecified atom stereocenters. The molecule has 3 rings (SSSR count). The van der Waals surface area contributed by atoms with Gasteiger partial charge in [-0.1, -0.05) is 12.1 Å². The maximum Gasteiger partial charge on any atom is 0.312 e. The van der Waals surface area contributed by atoms with Crippen molar-refractivity contribution < 1.29 is 23.7 Å². The first-order valence-electron chi connectivity index (χ1n) is 7.86. The number of ether oxygens (including phenoxy) is 3. The molecule has 0 aliphatic carbocycles. The van der Waals surface area contributed by atoms with Crippen LogP contribution in [0.1, 0.15) is 5.69 Å². The first-order chi connectivity index (χ1) is 13.1. The first kappa shape index (κ1) is 19.0. The topological polar surface area (TPSA) is 86.3 Å². The SMILES string of the molecule is COc1cc(-c2nc(C=Nc3ccccc3I)c(O)o2)cc(OC)c1OC. The number of halogens is 1. The van der Waals surface area contributed by atoms with Gasteiger partial charge in [0, 0.05) is 9.13 Å². The Kier molecular flexibility index (Phi) is 5.84. The Bertz CT molecular complexity index is 959. The van der Waals surface area contributed by atoms with E-state index in [9.17, 15) is 5.11 Å². The normalized spacial score (nSPS) is 11.0. The number of methoxy groups -OCH3 is 3. The maximum atomic E-state index is 10.1. The molecule has 0 fully saturated rings. The van der Waals surface area contributed by atoms with E-state index in [1.807, 2.05) is 24.3 Å². The number of aliphatic imine (C=N–C) groups is 1. The first-order valence-corrected chi connectivity index (χ1v) is 8.94. The number of aromatic hydroxyl groups is 1. The summed E-state index contributed by atoms with van der Waals surface area (Å²) in [5, 5.41) is 10.1. The second kappa shape index (κ2) is 8.30. The van der Waals surface area contributed by atoms with Gasteiger partial charge in [-0.25, -0.2) is 4.98 Å². The highest BCUT2D eigenvalue weighted by molar-refractivity contribution is 14.1. The highest BCUT2D eigenvalue weighted by Crippen LogP contribution is 2.41. The summed E-state index contributed by atoms with van der Waals surface area (Å²) in [4.78, 5) is 8.67. The van der Waals surface area contributed by atoms with Gasteiger partial charge in [0.2, 0.25) is 11.6 Å². The smallest absolute Gasteiger partial charge is 0.312 e. The molecule has 0 spiro atoms. The van der Waals surface area contributed by atoms with Crippen molar-refractivity contribution in [3.63, 3.8) is 0 Å². The molecule has 1 heterocycles. The van der Waals surface area contributed by atoms with Gasteiger partial charge in [-0.15, -0.1) is 0 Å². The molecule has 0 saturated carbocycles. The lowest BCUT2D eigenvalue weighted by molar-refractivity contribution is 0.323. The Labute approximate surface area is 169 Å². The summed E-state index contributed by atoms with van der Waals surface area (Å²) in [5.74, 6) is 1.25. The summed E-state index contributed by atoms with van der Waals surface area (Å²) in [7, 11) is 4.57. The van der Waals surface area contributed by atoms with Crippen LogP contribution in [0.3, 0.4) is 0 Å². The van der Waals surface area contributed by atoms with Gasteiger partial charge in [-0.3, -0.25) is 4.99 Å². The molecular weight excluding hydrogens is 463 g/mol. The summed E-state index contributed by atoms with van der Waals surface area (Å²) in [6.45, 7) is 0. The Morgan fingerprint density at radius 3 is 2.33 bits per heavy atom. The Balaban J connectivity index is 1.98. The van der Waals surface area contributed by atoms with Gasteiger partial charge in [0.1, 0.15) is 0 Å². The minimum atomic E-state index is -0.326. The zero-order chi connectivity index (χ0) is 19.4. The fourth-order valence-corrected chi connectivity index (χ4v) is 2.95. The number of aromatic nitrogens is 1. The van der Waals surface area contributed by atoms with E-state index in [-0.39, 0.29) is 17.5 Å². The predicted molar refractivity (Wildman–Crippen MR) is 110 cm³/mol. The highest BCUT2D eigenvalue weighted by Gasteiger charge is 2.18. The van der Waals surface area contributed by atoms with Crippen LogP contribution < -0.4 is 14.2 Å². The van der Waals surface area contributed by atoms with Gasteiger partial charge in [-0.05, 0) is 46.9 Å². The van der Waals surface area contributed by atoms with Gasteiger partial charge in [0.05, 0.1) is 33.2 Å². The molecule has 0 saturated heterocycles. The van der Waals surface area contributed by atoms with Crippen LogP contribution in [-0.4, -0.2) is 37.6 Å². The Morgan fingerprint density at radius 1 is 1.07 bits per heavy atom. The minimum Gasteiger partial charge on any atom is -0.493 e. The van der Waals surface area contributed by atoms with E-state index in [0.29, 0.717) is 22.8 Å². The van der Waals surface area contributed by atoms with Gasteiger partial charge in [0.25, 0.3) is 0 Å². The van der Waals surface area contributed by atoms with Gasteiger partial charge < -0.3 is 23.7 Å². The average molecular weight is 480 g/mol. The number of nitrogens with zero attached hydrogens (tertiary/aromatic N) is 2. The van der Waals surface area contributed by atoms with E-state index < -0.39 is 0 Å². The standard InChI is InChI=1S/C19H17IN2O5/c1-24-15-8-11(9-16(25-2)17(15)26-3)18-22-14(19(23)27-18)10-21-13-7-5-4-6-12(13)20/h4-10,23H,1-3H3.